The summed E-state index contributed by atoms with van der Waals surface area (Å²) in [6.45, 7) is 2.24. The number of benzene rings is 2. The molecule has 0 aromatic heterocycles. The summed E-state index contributed by atoms with van der Waals surface area (Å²) >= 11 is 0. The molecule has 1 aliphatic rings. The number of amides is 1. The van der Waals surface area contributed by atoms with E-state index in [1.165, 1.54) is 18.2 Å². The van der Waals surface area contributed by atoms with Gasteiger partial charge in [-0.1, -0.05) is 35.6 Å². The molecule has 11 heteroatoms. The van der Waals surface area contributed by atoms with Crippen molar-refractivity contribution in [2.24, 2.45) is 10.3 Å². The predicted molar refractivity (Wildman–Crippen MR) is 116 cm³/mol. The fourth-order valence-corrected chi connectivity index (χ4v) is 3.09. The highest BCUT2D eigenvalue weighted by molar-refractivity contribution is 5.99. The molecule has 3 rings (SSSR count). The summed E-state index contributed by atoms with van der Waals surface area (Å²) in [6.07, 6.45) is 0. The number of nitrogens with one attached hydrogen (secondary N) is 1. The normalized spacial score (nSPS) is 14.3. The Kier molecular flexibility index (Phi) is 7.81. The van der Waals surface area contributed by atoms with Gasteiger partial charge in [-0.05, 0) is 24.7 Å². The van der Waals surface area contributed by atoms with Crippen LogP contribution in [0.15, 0.2) is 58.9 Å². The molecule has 0 unspecified atom stereocenters. The molecule has 0 radical (unpaired) electrons. The van der Waals surface area contributed by atoms with Crippen LogP contribution in [0.25, 0.3) is 0 Å². The van der Waals surface area contributed by atoms with Gasteiger partial charge >= 0.3 is 5.97 Å². The lowest BCUT2D eigenvalue weighted by Gasteiger charge is -2.32. The summed E-state index contributed by atoms with van der Waals surface area (Å²) < 4.78 is 5.10. The lowest BCUT2D eigenvalue weighted by molar-refractivity contribution is -0.385. The lowest BCUT2D eigenvalue weighted by Crippen LogP contribution is -2.47. The molecule has 11 nitrogen and oxygen atoms in total. The van der Waals surface area contributed by atoms with E-state index in [4.69, 9.17) is 4.74 Å². The van der Waals surface area contributed by atoms with Crippen molar-refractivity contribution in [1.82, 2.24) is 9.80 Å². The molecule has 1 aliphatic heterocycles. The summed E-state index contributed by atoms with van der Waals surface area (Å²) in [6, 6.07) is 13.3. The first kappa shape index (κ1) is 22.8. The number of ether oxygens (including phenoxy) is 1. The molecular formula is C21H24N6O5. The number of esters is 1. The highest BCUT2D eigenvalue weighted by Crippen LogP contribution is 2.25. The van der Waals surface area contributed by atoms with Gasteiger partial charge in [0.2, 0.25) is 0 Å². The summed E-state index contributed by atoms with van der Waals surface area (Å²) in [5.41, 5.74) is 3.49. The molecule has 1 fully saturated rings. The van der Waals surface area contributed by atoms with Gasteiger partial charge < -0.3 is 14.5 Å². The van der Waals surface area contributed by atoms with Crippen LogP contribution < -0.4 is 5.43 Å². The van der Waals surface area contributed by atoms with Gasteiger partial charge in [0.15, 0.2) is 6.54 Å². The highest BCUT2D eigenvalue weighted by Gasteiger charge is 2.27. The van der Waals surface area contributed by atoms with E-state index in [-0.39, 0.29) is 24.4 Å². The minimum absolute atomic E-state index is 0.0259. The van der Waals surface area contributed by atoms with Crippen LogP contribution in [0.4, 0.5) is 11.4 Å². The van der Waals surface area contributed by atoms with Gasteiger partial charge in [0.1, 0.15) is 12.2 Å². The summed E-state index contributed by atoms with van der Waals surface area (Å²) in [4.78, 5) is 39.1. The quantitative estimate of drug-likeness (QED) is 0.289. The molecule has 0 saturated carbocycles. The van der Waals surface area contributed by atoms with Crippen molar-refractivity contribution >= 4 is 23.3 Å². The summed E-state index contributed by atoms with van der Waals surface area (Å²) in [7, 11) is 1.96. The van der Waals surface area contributed by atoms with Gasteiger partial charge in [-0.2, -0.15) is 5.11 Å². The zero-order chi connectivity index (χ0) is 22.9. The van der Waals surface area contributed by atoms with E-state index in [1.54, 1.807) is 4.90 Å². The molecular weight excluding hydrogens is 416 g/mol. The molecule has 0 aliphatic carbocycles. The SMILES string of the molecule is CN1CCN(C(=O)c2cc(NN=NCC(=O)OCc3ccccc3)ccc2[N+](=O)[O-])CC1. The van der Waals surface area contributed by atoms with Crippen molar-refractivity contribution in [3.8, 4) is 0 Å². The van der Waals surface area contributed by atoms with Gasteiger partial charge in [-0.25, -0.2) is 4.79 Å². The number of piperazine rings is 1. The van der Waals surface area contributed by atoms with Crippen molar-refractivity contribution in [2.75, 3.05) is 45.2 Å². The van der Waals surface area contributed by atoms with E-state index >= 15 is 0 Å². The Morgan fingerprint density at radius 3 is 2.53 bits per heavy atom. The molecule has 1 N–H and O–H groups in total. The Morgan fingerprint density at radius 2 is 1.84 bits per heavy atom. The average molecular weight is 440 g/mol. The number of nitro benzene ring substituents is 1. The fraction of sp³-hybridized carbons (Fsp3) is 0.333. The maximum absolute atomic E-state index is 12.9. The maximum Gasteiger partial charge on any atom is 0.330 e. The Bertz CT molecular complexity index is 989. The molecule has 2 aromatic carbocycles. The smallest absolute Gasteiger partial charge is 0.330 e. The highest BCUT2D eigenvalue weighted by atomic mass is 16.6. The van der Waals surface area contributed by atoms with Gasteiger partial charge in [0, 0.05) is 32.2 Å². The molecule has 0 spiro atoms. The first-order valence-electron chi connectivity index (χ1n) is 10.0. The first-order valence-corrected chi connectivity index (χ1v) is 10.0. The standard InChI is InChI=1S/C21H24N6O5/c1-25-9-11-26(12-10-25)21(29)18-13-17(7-8-19(18)27(30)31)23-24-22-14-20(28)32-15-16-5-3-2-4-6-16/h2-8,13H,9-12,14-15H2,1H3,(H,22,23). The van der Waals surface area contributed by atoms with Crippen molar-refractivity contribution in [1.29, 1.82) is 0 Å². The number of rotatable bonds is 8. The minimum Gasteiger partial charge on any atom is -0.459 e. The molecule has 32 heavy (non-hydrogen) atoms. The monoisotopic (exact) mass is 440 g/mol. The Balaban J connectivity index is 1.58. The Labute approximate surface area is 184 Å². The maximum atomic E-state index is 12.9. The van der Waals surface area contributed by atoms with Crippen LogP contribution in [0.5, 0.6) is 0 Å². The molecule has 1 saturated heterocycles. The van der Waals surface area contributed by atoms with Crippen molar-refractivity contribution in [2.45, 2.75) is 6.61 Å². The topological polar surface area (TPSA) is 130 Å². The minimum atomic E-state index is -0.586. The van der Waals surface area contributed by atoms with E-state index in [1.807, 2.05) is 37.4 Å². The van der Waals surface area contributed by atoms with Crippen LogP contribution in [0.2, 0.25) is 0 Å². The van der Waals surface area contributed by atoms with Crippen LogP contribution in [-0.4, -0.2) is 66.4 Å². The Hall–Kier alpha value is -3.86. The second kappa shape index (κ2) is 11.0. The van der Waals surface area contributed by atoms with Crippen molar-refractivity contribution in [3.63, 3.8) is 0 Å². The van der Waals surface area contributed by atoms with E-state index in [2.05, 4.69) is 20.7 Å². The molecule has 168 valence electrons. The molecule has 1 amide bonds. The van der Waals surface area contributed by atoms with E-state index in [9.17, 15) is 19.7 Å². The van der Waals surface area contributed by atoms with Crippen LogP contribution in [0.1, 0.15) is 15.9 Å². The molecule has 2 aromatic rings. The number of carbonyl (C=O) groups excluding carboxylic acids is 2. The number of hydrogen-bond donors (Lipinski definition) is 1. The van der Waals surface area contributed by atoms with Crippen LogP contribution in [0, 0.1) is 10.1 Å². The predicted octanol–water partition coefficient (Wildman–Crippen LogP) is 2.50. The Morgan fingerprint density at radius 1 is 1.12 bits per heavy atom. The van der Waals surface area contributed by atoms with Crippen molar-refractivity contribution in [3.05, 3.63) is 69.8 Å². The fourth-order valence-electron chi connectivity index (χ4n) is 3.09. The number of hydrogen-bond acceptors (Lipinski definition) is 8. The third-order valence-corrected chi connectivity index (χ3v) is 4.91. The lowest BCUT2D eigenvalue weighted by atomic mass is 10.1. The van der Waals surface area contributed by atoms with E-state index in [0.717, 1.165) is 5.56 Å². The number of likely N-dealkylation sites (N-methyl/N-ethyl adjacent to an activating group) is 1. The van der Waals surface area contributed by atoms with E-state index in [0.29, 0.717) is 31.9 Å². The van der Waals surface area contributed by atoms with Crippen molar-refractivity contribution < 1.29 is 19.2 Å². The second-order valence-corrected chi connectivity index (χ2v) is 7.24. The molecule has 1 heterocycles. The summed E-state index contributed by atoms with van der Waals surface area (Å²) in [5.74, 6) is -0.955. The average Bonchev–Trinajstić information content (AvgIpc) is 2.81. The van der Waals surface area contributed by atoms with Crippen LogP contribution in [0.3, 0.4) is 0 Å². The molecule has 0 bridgehead atoms. The van der Waals surface area contributed by atoms with E-state index < -0.39 is 16.8 Å². The van der Waals surface area contributed by atoms with Crippen LogP contribution in [-0.2, 0) is 16.1 Å². The van der Waals surface area contributed by atoms with Crippen LogP contribution >= 0.6 is 0 Å². The number of nitrogens with zero attached hydrogens (tertiary/aromatic N) is 5. The van der Waals surface area contributed by atoms with Gasteiger partial charge in [-0.15, -0.1) is 0 Å². The van der Waals surface area contributed by atoms with Gasteiger partial charge in [-0.3, -0.25) is 20.3 Å². The molecule has 0 atom stereocenters. The first-order chi connectivity index (χ1) is 15.4. The largest absolute Gasteiger partial charge is 0.459 e. The van der Waals surface area contributed by atoms with Gasteiger partial charge in [0.25, 0.3) is 11.6 Å². The second-order valence-electron chi connectivity index (χ2n) is 7.24. The number of anilines is 1. The number of carbonyl (C=O) groups is 2. The third-order valence-electron chi connectivity index (χ3n) is 4.91. The number of nitro groups is 1. The third kappa shape index (κ3) is 6.32. The zero-order valence-corrected chi connectivity index (χ0v) is 17.6. The zero-order valence-electron chi connectivity index (χ0n) is 17.6. The summed E-state index contributed by atoms with van der Waals surface area (Å²) in [5, 5.41) is 18.8. The van der Waals surface area contributed by atoms with Gasteiger partial charge in [0.05, 0.1) is 10.6 Å².